The molecule has 0 aliphatic rings. The first kappa shape index (κ1) is 17.6. The third kappa shape index (κ3) is 5.15. The second kappa shape index (κ2) is 8.76. The number of benzene rings is 1. The number of nitrogens with one attached hydrogen (secondary N) is 2. The lowest BCUT2D eigenvalue weighted by Crippen LogP contribution is -2.36. The molecule has 0 amide bonds. The van der Waals surface area contributed by atoms with E-state index in [-0.39, 0.29) is 0 Å². The normalized spacial score (nSPS) is 11.1. The molecule has 0 unspecified atom stereocenters. The number of guanidine groups is 1. The Hall–Kier alpha value is -2.76. The highest BCUT2D eigenvalue weighted by Crippen LogP contribution is 2.12. The van der Waals surface area contributed by atoms with Crippen LogP contribution >= 0.6 is 0 Å². The fourth-order valence-corrected chi connectivity index (χ4v) is 2.18. The summed E-state index contributed by atoms with van der Waals surface area (Å²) in [6.45, 7) is 1.28. The van der Waals surface area contributed by atoms with E-state index in [1.807, 2.05) is 61.5 Å². The predicted octanol–water partition coefficient (Wildman–Crippen LogP) is 2.02. The van der Waals surface area contributed by atoms with E-state index in [1.165, 1.54) is 0 Å². The summed E-state index contributed by atoms with van der Waals surface area (Å²) in [7, 11) is 7.38. The minimum atomic E-state index is 0.611. The Kier molecular flexibility index (Phi) is 6.42. The van der Waals surface area contributed by atoms with Crippen LogP contribution in [0.5, 0.6) is 5.75 Å². The van der Waals surface area contributed by atoms with Gasteiger partial charge >= 0.3 is 0 Å². The van der Waals surface area contributed by atoms with Crippen LogP contribution in [0.1, 0.15) is 11.3 Å². The van der Waals surface area contributed by atoms with Gasteiger partial charge in [0.05, 0.1) is 19.3 Å². The lowest BCUT2D eigenvalue weighted by Gasteiger charge is -2.14. The molecule has 0 bridgehead atoms. The zero-order valence-corrected chi connectivity index (χ0v) is 14.7. The van der Waals surface area contributed by atoms with Crippen LogP contribution in [0.3, 0.4) is 0 Å². The fourth-order valence-electron chi connectivity index (χ4n) is 2.18. The maximum absolute atomic E-state index is 5.24. The number of aliphatic imine (C=N–C) groups is 1. The third-order valence-corrected chi connectivity index (χ3v) is 3.50. The van der Waals surface area contributed by atoms with Crippen molar-refractivity contribution < 1.29 is 4.74 Å². The fraction of sp³-hybridized carbons (Fsp3) is 0.333. The minimum absolute atomic E-state index is 0.611. The highest BCUT2D eigenvalue weighted by atomic mass is 16.5. The second-order valence-electron chi connectivity index (χ2n) is 5.51. The summed E-state index contributed by atoms with van der Waals surface area (Å²) in [6, 6.07) is 13.9. The molecule has 0 saturated carbocycles. The molecule has 0 aliphatic carbocycles. The highest BCUT2D eigenvalue weighted by molar-refractivity contribution is 5.79. The van der Waals surface area contributed by atoms with Crippen molar-refractivity contribution in [2.75, 3.05) is 33.2 Å². The number of hydrogen-bond donors (Lipinski definition) is 2. The molecule has 0 spiro atoms. The quantitative estimate of drug-likeness (QED) is 0.628. The molecule has 0 fully saturated rings. The van der Waals surface area contributed by atoms with Crippen LogP contribution in [0.15, 0.2) is 47.5 Å². The van der Waals surface area contributed by atoms with Crippen LogP contribution in [0.25, 0.3) is 0 Å². The highest BCUT2D eigenvalue weighted by Gasteiger charge is 2.03. The summed E-state index contributed by atoms with van der Waals surface area (Å²) in [5.41, 5.74) is 2.09. The van der Waals surface area contributed by atoms with Gasteiger partial charge in [-0.25, -0.2) is 4.98 Å². The molecule has 2 rings (SSSR count). The summed E-state index contributed by atoms with van der Waals surface area (Å²) in [6.07, 6.45) is 0. The molecule has 128 valence electrons. The summed E-state index contributed by atoms with van der Waals surface area (Å²) in [5, 5.41) is 6.57. The summed E-state index contributed by atoms with van der Waals surface area (Å²) in [4.78, 5) is 10.8. The molecule has 2 N–H and O–H groups in total. The van der Waals surface area contributed by atoms with Crippen molar-refractivity contribution in [1.29, 1.82) is 0 Å². The molecule has 1 heterocycles. The maximum Gasteiger partial charge on any atom is 0.191 e. The van der Waals surface area contributed by atoms with E-state index >= 15 is 0 Å². The van der Waals surface area contributed by atoms with Crippen molar-refractivity contribution >= 4 is 11.8 Å². The average molecular weight is 327 g/mol. The number of hydrogen-bond acceptors (Lipinski definition) is 4. The van der Waals surface area contributed by atoms with Gasteiger partial charge in [-0.05, 0) is 29.8 Å². The SMILES string of the molecule is CN=C(NCc1cccc(OC)c1)NCc1cccc(N(C)C)n1. The van der Waals surface area contributed by atoms with Crippen LogP contribution in [0.4, 0.5) is 5.82 Å². The Morgan fingerprint density at radius 1 is 1.12 bits per heavy atom. The molecule has 1 aromatic heterocycles. The van der Waals surface area contributed by atoms with E-state index in [2.05, 4.69) is 20.6 Å². The van der Waals surface area contributed by atoms with E-state index in [4.69, 9.17) is 4.74 Å². The number of methoxy groups -OCH3 is 1. The first-order valence-electron chi connectivity index (χ1n) is 7.83. The van der Waals surface area contributed by atoms with Gasteiger partial charge in [-0.1, -0.05) is 18.2 Å². The van der Waals surface area contributed by atoms with Gasteiger partial charge < -0.3 is 20.3 Å². The Balaban J connectivity index is 1.89. The molecule has 1 aromatic carbocycles. The number of anilines is 1. The molecule has 0 radical (unpaired) electrons. The largest absolute Gasteiger partial charge is 0.497 e. The summed E-state index contributed by atoms with van der Waals surface area (Å²) in [5.74, 6) is 2.52. The average Bonchev–Trinajstić information content (AvgIpc) is 2.62. The third-order valence-electron chi connectivity index (χ3n) is 3.50. The lowest BCUT2D eigenvalue weighted by molar-refractivity contribution is 0.414. The van der Waals surface area contributed by atoms with E-state index in [1.54, 1.807) is 14.2 Å². The van der Waals surface area contributed by atoms with Crippen molar-refractivity contribution in [3.05, 3.63) is 53.7 Å². The standard InChI is InChI=1S/C18H25N5O/c1-19-18(20-12-14-7-5-9-16(11-14)24-4)21-13-15-8-6-10-17(22-15)23(2)3/h5-11H,12-13H2,1-4H3,(H2,19,20,21). The zero-order chi connectivity index (χ0) is 17.4. The first-order valence-corrected chi connectivity index (χ1v) is 7.83. The van der Waals surface area contributed by atoms with Gasteiger partial charge in [0.2, 0.25) is 0 Å². The molecule has 0 aliphatic heterocycles. The monoisotopic (exact) mass is 327 g/mol. The van der Waals surface area contributed by atoms with Crippen LogP contribution < -0.4 is 20.3 Å². The molecule has 24 heavy (non-hydrogen) atoms. The van der Waals surface area contributed by atoms with Crippen molar-refractivity contribution in [2.45, 2.75) is 13.1 Å². The number of ether oxygens (including phenoxy) is 1. The Morgan fingerprint density at radius 3 is 2.58 bits per heavy atom. The summed E-state index contributed by atoms with van der Waals surface area (Å²) >= 11 is 0. The van der Waals surface area contributed by atoms with Gasteiger partial charge in [0.15, 0.2) is 5.96 Å². The smallest absolute Gasteiger partial charge is 0.191 e. The van der Waals surface area contributed by atoms with Gasteiger partial charge in [-0.2, -0.15) is 0 Å². The van der Waals surface area contributed by atoms with Gasteiger partial charge in [0, 0.05) is 27.7 Å². The van der Waals surface area contributed by atoms with Gasteiger partial charge in [-0.3, -0.25) is 4.99 Å². The van der Waals surface area contributed by atoms with Crippen molar-refractivity contribution in [3.8, 4) is 5.75 Å². The minimum Gasteiger partial charge on any atom is -0.497 e. The Morgan fingerprint density at radius 2 is 1.88 bits per heavy atom. The van der Waals surface area contributed by atoms with Crippen molar-refractivity contribution in [3.63, 3.8) is 0 Å². The maximum atomic E-state index is 5.24. The molecule has 6 nitrogen and oxygen atoms in total. The van der Waals surface area contributed by atoms with Gasteiger partial charge in [-0.15, -0.1) is 0 Å². The summed E-state index contributed by atoms with van der Waals surface area (Å²) < 4.78 is 5.24. The van der Waals surface area contributed by atoms with Crippen molar-refractivity contribution in [1.82, 2.24) is 15.6 Å². The first-order chi connectivity index (χ1) is 11.6. The lowest BCUT2D eigenvalue weighted by atomic mass is 10.2. The molecule has 0 saturated heterocycles. The molecular weight excluding hydrogens is 302 g/mol. The molecule has 0 atom stereocenters. The predicted molar refractivity (Wildman–Crippen MR) is 98.6 cm³/mol. The van der Waals surface area contributed by atoms with E-state index < -0.39 is 0 Å². The Bertz CT molecular complexity index is 685. The van der Waals surface area contributed by atoms with Crippen LogP contribution in [-0.4, -0.2) is 39.2 Å². The van der Waals surface area contributed by atoms with Crippen molar-refractivity contribution in [2.24, 2.45) is 4.99 Å². The van der Waals surface area contributed by atoms with Gasteiger partial charge in [0.25, 0.3) is 0 Å². The van der Waals surface area contributed by atoms with Crippen LogP contribution in [-0.2, 0) is 13.1 Å². The molecular formula is C18H25N5O. The Labute approximate surface area is 143 Å². The number of nitrogens with zero attached hydrogens (tertiary/aromatic N) is 3. The van der Waals surface area contributed by atoms with Gasteiger partial charge in [0.1, 0.15) is 11.6 Å². The topological polar surface area (TPSA) is 61.8 Å². The molecule has 2 aromatic rings. The van der Waals surface area contributed by atoms with E-state index in [0.717, 1.165) is 28.8 Å². The number of aromatic nitrogens is 1. The zero-order valence-electron chi connectivity index (χ0n) is 14.7. The van der Waals surface area contributed by atoms with E-state index in [0.29, 0.717) is 13.1 Å². The van der Waals surface area contributed by atoms with Crippen LogP contribution in [0.2, 0.25) is 0 Å². The van der Waals surface area contributed by atoms with Crippen LogP contribution in [0, 0.1) is 0 Å². The van der Waals surface area contributed by atoms with E-state index in [9.17, 15) is 0 Å². The molecule has 6 heteroatoms. The second-order valence-corrected chi connectivity index (χ2v) is 5.51. The number of rotatable bonds is 6. The number of pyridine rings is 1.